The average Bonchev–Trinajstić information content (AvgIpc) is 2.04. The summed E-state index contributed by atoms with van der Waals surface area (Å²) in [5, 5.41) is 0. The van der Waals surface area contributed by atoms with Crippen molar-refractivity contribution in [2.24, 2.45) is 0 Å². The third kappa shape index (κ3) is 6.06. The molecule has 0 N–H and O–H groups in total. The molecule has 13 heavy (non-hydrogen) atoms. The smallest absolute Gasteiger partial charge is 0.778 e. The fraction of sp³-hybridized carbons (Fsp3) is 1.00. The molecular weight excluding hydrogens is 213 g/mol. The SMILES string of the molecule is COP(=O)([O-])CP(=O)(OC)OC.[Li+]. The Labute approximate surface area is 89.2 Å². The maximum absolute atomic E-state index is 11.2. The zero-order valence-corrected chi connectivity index (χ0v) is 9.84. The van der Waals surface area contributed by atoms with E-state index in [1.165, 1.54) is 0 Å². The van der Waals surface area contributed by atoms with Crippen LogP contribution in [0.2, 0.25) is 0 Å². The largest absolute Gasteiger partial charge is 1.00 e. The van der Waals surface area contributed by atoms with Gasteiger partial charge in [0.1, 0.15) is 13.5 Å². The predicted molar refractivity (Wildman–Crippen MR) is 41.1 cm³/mol. The molecule has 0 saturated carbocycles. The fourth-order valence-electron chi connectivity index (χ4n) is 0.460. The second kappa shape index (κ2) is 6.39. The van der Waals surface area contributed by atoms with Gasteiger partial charge in [-0.15, -0.1) is 0 Å². The molecule has 0 aromatic heterocycles. The third-order valence-corrected chi connectivity index (χ3v) is 5.62. The summed E-state index contributed by atoms with van der Waals surface area (Å²) in [6.45, 7) is 0. The Morgan fingerprint density at radius 2 is 1.46 bits per heavy atom. The van der Waals surface area contributed by atoms with Crippen LogP contribution >= 0.6 is 15.2 Å². The monoisotopic (exact) mass is 224 g/mol. The van der Waals surface area contributed by atoms with Crippen molar-refractivity contribution >= 4 is 15.2 Å². The van der Waals surface area contributed by atoms with E-state index in [4.69, 9.17) is 0 Å². The number of rotatable bonds is 5. The first-order valence-corrected chi connectivity index (χ1v) is 6.41. The standard InChI is InChI=1S/C4H12O6P2.Li/c1-8-11(5,6)4-12(7,9-2)10-3;/h4H2,1-3H3,(H,5,6);/q;+1/p-1. The molecule has 0 heterocycles. The minimum Gasteiger partial charge on any atom is -0.778 e. The molecule has 9 heteroatoms. The van der Waals surface area contributed by atoms with E-state index in [1.54, 1.807) is 0 Å². The van der Waals surface area contributed by atoms with E-state index in [0.717, 1.165) is 21.3 Å². The van der Waals surface area contributed by atoms with Crippen molar-refractivity contribution in [3.8, 4) is 0 Å². The topological polar surface area (TPSA) is 84.9 Å². The molecule has 1 unspecified atom stereocenters. The van der Waals surface area contributed by atoms with Gasteiger partial charge in [-0.3, -0.25) is 4.57 Å². The van der Waals surface area contributed by atoms with Crippen LogP contribution in [-0.2, 0) is 22.7 Å². The Bertz CT molecular complexity index is 223. The van der Waals surface area contributed by atoms with E-state index in [9.17, 15) is 14.0 Å². The summed E-state index contributed by atoms with van der Waals surface area (Å²) in [5.41, 5.74) is 0. The van der Waals surface area contributed by atoms with Crippen molar-refractivity contribution in [2.75, 3.05) is 27.2 Å². The van der Waals surface area contributed by atoms with Gasteiger partial charge in [-0.05, 0) is 0 Å². The zero-order valence-electron chi connectivity index (χ0n) is 8.05. The first-order chi connectivity index (χ1) is 5.39. The van der Waals surface area contributed by atoms with Gasteiger partial charge in [0.25, 0.3) is 0 Å². The Kier molecular flexibility index (Phi) is 8.03. The van der Waals surface area contributed by atoms with Gasteiger partial charge < -0.3 is 23.0 Å². The molecule has 6 nitrogen and oxygen atoms in total. The van der Waals surface area contributed by atoms with Gasteiger partial charge in [0.15, 0.2) is 0 Å². The molecule has 0 amide bonds. The van der Waals surface area contributed by atoms with Crippen molar-refractivity contribution in [3.63, 3.8) is 0 Å². The number of hydrogen-bond acceptors (Lipinski definition) is 6. The van der Waals surface area contributed by atoms with Crippen LogP contribution in [0.5, 0.6) is 0 Å². The first kappa shape index (κ1) is 16.3. The molecule has 0 rings (SSSR count). The molecule has 0 aromatic carbocycles. The summed E-state index contributed by atoms with van der Waals surface area (Å²) in [6.07, 6.45) is 0. The van der Waals surface area contributed by atoms with E-state index in [-0.39, 0.29) is 18.9 Å². The molecule has 74 valence electrons. The molecule has 0 aliphatic heterocycles. The van der Waals surface area contributed by atoms with E-state index in [2.05, 4.69) is 13.6 Å². The van der Waals surface area contributed by atoms with Crippen LogP contribution < -0.4 is 23.8 Å². The molecule has 0 bridgehead atoms. The molecule has 0 fully saturated rings. The van der Waals surface area contributed by atoms with Gasteiger partial charge in [-0.2, -0.15) is 0 Å². The molecule has 0 aliphatic rings. The molecule has 0 spiro atoms. The van der Waals surface area contributed by atoms with Crippen LogP contribution in [0.4, 0.5) is 0 Å². The van der Waals surface area contributed by atoms with Crippen molar-refractivity contribution < 1.29 is 46.5 Å². The van der Waals surface area contributed by atoms with Crippen molar-refractivity contribution in [1.82, 2.24) is 0 Å². The maximum Gasteiger partial charge on any atom is 1.00 e. The van der Waals surface area contributed by atoms with E-state index < -0.39 is 21.1 Å². The summed E-state index contributed by atoms with van der Waals surface area (Å²) in [4.78, 5) is 10.8. The Balaban J connectivity index is 0. The number of hydrogen-bond donors (Lipinski definition) is 0. The average molecular weight is 224 g/mol. The summed E-state index contributed by atoms with van der Waals surface area (Å²) in [7, 11) is -4.40. The van der Waals surface area contributed by atoms with Crippen LogP contribution in [0.3, 0.4) is 0 Å². The second-order valence-electron chi connectivity index (χ2n) is 1.91. The molecule has 0 aliphatic carbocycles. The summed E-state index contributed by atoms with van der Waals surface area (Å²) < 4.78 is 35.0. The molecule has 0 radical (unpaired) electrons. The molecule has 0 aromatic rings. The minimum atomic E-state index is -4.09. The van der Waals surface area contributed by atoms with Crippen molar-refractivity contribution in [3.05, 3.63) is 0 Å². The molecular formula is C4H11LiO6P2. The van der Waals surface area contributed by atoms with Gasteiger partial charge >= 0.3 is 26.5 Å². The second-order valence-corrected chi connectivity index (χ2v) is 6.58. The predicted octanol–water partition coefficient (Wildman–Crippen LogP) is -2.37. The van der Waals surface area contributed by atoms with Crippen LogP contribution in [0.1, 0.15) is 0 Å². The molecule has 1 atom stereocenters. The fourth-order valence-corrected chi connectivity index (χ4v) is 3.69. The van der Waals surface area contributed by atoms with Crippen LogP contribution in [0.25, 0.3) is 0 Å². The Morgan fingerprint density at radius 1 is 1.08 bits per heavy atom. The van der Waals surface area contributed by atoms with Crippen molar-refractivity contribution in [2.45, 2.75) is 0 Å². The van der Waals surface area contributed by atoms with E-state index in [1.807, 2.05) is 0 Å². The van der Waals surface area contributed by atoms with Crippen molar-refractivity contribution in [1.29, 1.82) is 0 Å². The zero-order chi connectivity index (χ0) is 9.83. The quantitative estimate of drug-likeness (QED) is 0.383. The molecule has 0 saturated heterocycles. The maximum atomic E-state index is 11.2. The van der Waals surface area contributed by atoms with Gasteiger partial charge in [-0.25, -0.2) is 0 Å². The van der Waals surface area contributed by atoms with Crippen LogP contribution in [0, 0.1) is 0 Å². The summed E-state index contributed by atoms with van der Waals surface area (Å²) >= 11 is 0. The minimum absolute atomic E-state index is 0. The van der Waals surface area contributed by atoms with Crippen LogP contribution in [0.15, 0.2) is 0 Å². The normalized spacial score (nSPS) is 16.0. The summed E-state index contributed by atoms with van der Waals surface area (Å²) in [6, 6.07) is 0. The van der Waals surface area contributed by atoms with Crippen LogP contribution in [-0.4, -0.2) is 27.2 Å². The Hall–Kier alpha value is 0.897. The Morgan fingerprint density at radius 3 is 1.69 bits per heavy atom. The first-order valence-electron chi connectivity index (χ1n) is 2.95. The van der Waals surface area contributed by atoms with Gasteiger partial charge in [-0.1, -0.05) is 0 Å². The van der Waals surface area contributed by atoms with Gasteiger partial charge in [0.2, 0.25) is 0 Å². The van der Waals surface area contributed by atoms with Gasteiger partial charge in [0.05, 0.1) is 0 Å². The van der Waals surface area contributed by atoms with E-state index in [0.29, 0.717) is 0 Å². The van der Waals surface area contributed by atoms with E-state index >= 15 is 0 Å². The summed E-state index contributed by atoms with van der Waals surface area (Å²) in [5.74, 6) is -0.747. The van der Waals surface area contributed by atoms with Gasteiger partial charge in [0, 0.05) is 21.3 Å². The third-order valence-electron chi connectivity index (χ3n) is 1.18.